The van der Waals surface area contributed by atoms with Crippen LogP contribution in [0.5, 0.6) is 0 Å². The second-order valence-electron chi connectivity index (χ2n) is 3.21. The van der Waals surface area contributed by atoms with E-state index in [1.54, 1.807) is 6.92 Å². The first-order valence-corrected chi connectivity index (χ1v) is 4.84. The van der Waals surface area contributed by atoms with Crippen LogP contribution in [0.3, 0.4) is 0 Å². The molecule has 1 aromatic carbocycles. The van der Waals surface area contributed by atoms with Crippen molar-refractivity contribution >= 4 is 18.9 Å². The van der Waals surface area contributed by atoms with Gasteiger partial charge in [0.25, 0.3) is 0 Å². The van der Waals surface area contributed by atoms with Gasteiger partial charge in [0, 0.05) is 10.5 Å². The number of hydrogen-bond acceptors (Lipinski definition) is 2. The van der Waals surface area contributed by atoms with E-state index in [2.05, 4.69) is 24.5 Å². The normalized spacial score (nSPS) is 11.4. The summed E-state index contributed by atoms with van der Waals surface area (Å²) in [6.07, 6.45) is 0.833. The first-order valence-electron chi connectivity index (χ1n) is 4.40. The predicted molar refractivity (Wildman–Crippen MR) is 60.5 cm³/mol. The minimum atomic E-state index is -0.218. The van der Waals surface area contributed by atoms with Gasteiger partial charge >= 0.3 is 0 Å². The van der Waals surface area contributed by atoms with Gasteiger partial charge < -0.3 is 4.79 Å². The van der Waals surface area contributed by atoms with Gasteiger partial charge in [-0.05, 0) is 31.5 Å². The Kier molecular flexibility index (Phi) is 3.79. The van der Waals surface area contributed by atoms with Crippen LogP contribution in [0.4, 0.5) is 0 Å². The van der Waals surface area contributed by atoms with E-state index >= 15 is 0 Å². The van der Waals surface area contributed by atoms with Crippen molar-refractivity contribution < 1.29 is 4.79 Å². The quantitative estimate of drug-likeness (QED) is 0.422. The van der Waals surface area contributed by atoms with E-state index in [-0.39, 0.29) is 5.92 Å². The molecule has 1 rings (SSSR count). The number of carbonyl (C=O) groups excluding carboxylic acids is 1. The highest BCUT2D eigenvalue weighted by Gasteiger charge is 1.96. The Morgan fingerprint density at radius 3 is 2.79 bits per heavy atom. The van der Waals surface area contributed by atoms with E-state index in [0.29, 0.717) is 0 Å². The van der Waals surface area contributed by atoms with Crippen LogP contribution in [-0.4, -0.2) is 6.29 Å². The molecule has 0 aliphatic heterocycles. The van der Waals surface area contributed by atoms with E-state index in [0.717, 1.165) is 22.3 Å². The molecule has 2 heteroatoms. The van der Waals surface area contributed by atoms with Gasteiger partial charge in [-0.15, -0.1) is 12.6 Å². The second kappa shape index (κ2) is 4.88. The van der Waals surface area contributed by atoms with Gasteiger partial charge in [-0.2, -0.15) is 0 Å². The number of thiol groups is 1. The molecule has 0 aromatic heterocycles. The van der Waals surface area contributed by atoms with Crippen LogP contribution >= 0.6 is 12.6 Å². The number of aryl methyl sites for hydroxylation is 1. The molecule has 1 atom stereocenters. The third-order valence-corrected chi connectivity index (χ3v) is 2.16. The predicted octanol–water partition coefficient (Wildman–Crippen LogP) is 2.47. The van der Waals surface area contributed by atoms with E-state index in [1.807, 2.05) is 25.1 Å². The lowest BCUT2D eigenvalue weighted by atomic mass is 10.1. The van der Waals surface area contributed by atoms with E-state index in [1.165, 1.54) is 0 Å². The molecule has 0 radical (unpaired) electrons. The second-order valence-corrected chi connectivity index (χ2v) is 3.70. The van der Waals surface area contributed by atoms with Gasteiger partial charge in [0.1, 0.15) is 6.29 Å². The molecule has 1 unspecified atom stereocenters. The zero-order valence-electron chi connectivity index (χ0n) is 8.24. The zero-order chi connectivity index (χ0) is 10.6. The molecule has 0 heterocycles. The maximum Gasteiger partial charge on any atom is 0.134 e. The van der Waals surface area contributed by atoms with Crippen LogP contribution in [0.2, 0.25) is 0 Å². The Bertz CT molecular complexity index is 399. The topological polar surface area (TPSA) is 17.1 Å². The van der Waals surface area contributed by atoms with Gasteiger partial charge in [0.05, 0.1) is 5.92 Å². The van der Waals surface area contributed by atoms with Crippen LogP contribution in [-0.2, 0) is 4.79 Å². The summed E-state index contributed by atoms with van der Waals surface area (Å²) in [4.78, 5) is 11.2. The van der Waals surface area contributed by atoms with Gasteiger partial charge in [-0.1, -0.05) is 17.9 Å². The standard InChI is InChI=1S/C12H12OS/c1-9-3-5-11(12(14)7-9)6-4-10(2)8-13/h3,5,7-8,10,14H,1-2H3. The Labute approximate surface area is 89.9 Å². The maximum atomic E-state index is 10.3. The summed E-state index contributed by atoms with van der Waals surface area (Å²) in [7, 11) is 0. The SMILES string of the molecule is Cc1ccc(C#CC(C)C=O)c(S)c1. The van der Waals surface area contributed by atoms with Crippen molar-refractivity contribution in [2.75, 3.05) is 0 Å². The molecular formula is C12H12OS. The molecule has 0 bridgehead atoms. The summed E-state index contributed by atoms with van der Waals surface area (Å²) in [6.45, 7) is 3.78. The van der Waals surface area contributed by atoms with Crippen LogP contribution < -0.4 is 0 Å². The number of hydrogen-bond donors (Lipinski definition) is 1. The van der Waals surface area contributed by atoms with E-state index in [9.17, 15) is 4.79 Å². The van der Waals surface area contributed by atoms with Crippen LogP contribution in [0, 0.1) is 24.7 Å². The fraction of sp³-hybridized carbons (Fsp3) is 0.250. The van der Waals surface area contributed by atoms with Gasteiger partial charge in [0.2, 0.25) is 0 Å². The van der Waals surface area contributed by atoms with Crippen molar-refractivity contribution in [2.45, 2.75) is 18.7 Å². The minimum absolute atomic E-state index is 0.218. The molecule has 0 amide bonds. The van der Waals surface area contributed by atoms with E-state index < -0.39 is 0 Å². The summed E-state index contributed by atoms with van der Waals surface area (Å²) in [5.74, 6) is 5.56. The molecule has 0 aliphatic carbocycles. The van der Waals surface area contributed by atoms with E-state index in [4.69, 9.17) is 0 Å². The minimum Gasteiger partial charge on any atom is -0.302 e. The number of aldehydes is 1. The molecule has 1 aromatic rings. The Hall–Kier alpha value is -1.20. The van der Waals surface area contributed by atoms with Crippen molar-refractivity contribution in [1.29, 1.82) is 0 Å². The molecule has 0 fully saturated rings. The highest BCUT2D eigenvalue weighted by molar-refractivity contribution is 7.80. The Morgan fingerprint density at radius 1 is 1.50 bits per heavy atom. The Morgan fingerprint density at radius 2 is 2.21 bits per heavy atom. The van der Waals surface area contributed by atoms with Gasteiger partial charge in [-0.3, -0.25) is 0 Å². The lowest BCUT2D eigenvalue weighted by Gasteiger charge is -1.98. The molecular weight excluding hydrogens is 192 g/mol. The number of benzene rings is 1. The smallest absolute Gasteiger partial charge is 0.134 e. The summed E-state index contributed by atoms with van der Waals surface area (Å²) in [6, 6.07) is 5.86. The molecule has 0 spiro atoms. The van der Waals surface area contributed by atoms with Crippen molar-refractivity contribution in [1.82, 2.24) is 0 Å². The lowest BCUT2D eigenvalue weighted by Crippen LogP contribution is -1.90. The molecule has 0 N–H and O–H groups in total. The highest BCUT2D eigenvalue weighted by atomic mass is 32.1. The highest BCUT2D eigenvalue weighted by Crippen LogP contribution is 2.14. The zero-order valence-corrected chi connectivity index (χ0v) is 9.14. The lowest BCUT2D eigenvalue weighted by molar-refractivity contribution is -0.109. The van der Waals surface area contributed by atoms with Crippen LogP contribution in [0.1, 0.15) is 18.1 Å². The molecule has 1 nitrogen and oxygen atoms in total. The fourth-order valence-corrected chi connectivity index (χ4v) is 1.31. The van der Waals surface area contributed by atoms with Crippen molar-refractivity contribution in [3.8, 4) is 11.8 Å². The van der Waals surface area contributed by atoms with Gasteiger partial charge in [-0.25, -0.2) is 0 Å². The average molecular weight is 204 g/mol. The van der Waals surface area contributed by atoms with Crippen molar-refractivity contribution in [3.05, 3.63) is 29.3 Å². The maximum absolute atomic E-state index is 10.3. The number of carbonyl (C=O) groups is 1. The van der Waals surface area contributed by atoms with Crippen molar-refractivity contribution in [2.24, 2.45) is 5.92 Å². The van der Waals surface area contributed by atoms with Gasteiger partial charge in [0.15, 0.2) is 0 Å². The van der Waals surface area contributed by atoms with Crippen LogP contribution in [0.15, 0.2) is 23.1 Å². The summed E-state index contributed by atoms with van der Waals surface area (Å²) in [5, 5.41) is 0. The summed E-state index contributed by atoms with van der Waals surface area (Å²) in [5.41, 5.74) is 2.02. The Balaban J connectivity index is 2.95. The fourth-order valence-electron chi connectivity index (χ4n) is 0.973. The number of rotatable bonds is 1. The van der Waals surface area contributed by atoms with Crippen molar-refractivity contribution in [3.63, 3.8) is 0 Å². The first kappa shape index (κ1) is 10.9. The monoisotopic (exact) mass is 204 g/mol. The van der Waals surface area contributed by atoms with Crippen LogP contribution in [0.25, 0.3) is 0 Å². The largest absolute Gasteiger partial charge is 0.302 e. The average Bonchev–Trinajstić information content (AvgIpc) is 2.16. The third-order valence-electron chi connectivity index (χ3n) is 1.79. The first-order chi connectivity index (χ1) is 6.63. The summed E-state index contributed by atoms with van der Waals surface area (Å²) >= 11 is 4.31. The molecule has 0 saturated carbocycles. The molecule has 0 saturated heterocycles. The molecule has 14 heavy (non-hydrogen) atoms. The molecule has 72 valence electrons. The molecule has 0 aliphatic rings. The summed E-state index contributed by atoms with van der Waals surface area (Å²) < 4.78 is 0. The third kappa shape index (κ3) is 2.93.